The number of hydrogen-bond acceptors (Lipinski definition) is 8. The SMILES string of the molecule is CCC=CCC=CCC=CCC=CCC=CCCCCCC(=O)OCC(COP(=O)(O)OCCN)OC(=O)CCCCCC=CCC=CCC=CCC=CCC=CCC. The Labute approximate surface area is 358 Å². The Morgan fingerprint density at radius 1 is 0.508 bits per heavy atom. The molecule has 2 atom stereocenters. The second-order valence-electron chi connectivity index (χ2n) is 13.8. The number of hydrogen-bond donors (Lipinski definition) is 2. The molecule has 0 saturated carbocycles. The van der Waals surface area contributed by atoms with Crippen molar-refractivity contribution >= 4 is 19.8 Å². The summed E-state index contributed by atoms with van der Waals surface area (Å²) in [4.78, 5) is 34.9. The van der Waals surface area contributed by atoms with E-state index < -0.39 is 32.5 Å². The lowest BCUT2D eigenvalue weighted by atomic mass is 10.1. The molecule has 0 aromatic rings. The third-order valence-corrected chi connectivity index (χ3v) is 9.33. The molecule has 332 valence electrons. The second kappa shape index (κ2) is 44.0. The van der Waals surface area contributed by atoms with Gasteiger partial charge in [0, 0.05) is 19.4 Å². The van der Waals surface area contributed by atoms with Gasteiger partial charge < -0.3 is 20.1 Å². The normalized spacial score (nSPS) is 14.4. The monoisotopic (exact) mass is 840 g/mol. The van der Waals surface area contributed by atoms with Crippen LogP contribution in [0, 0.1) is 0 Å². The van der Waals surface area contributed by atoms with Crippen molar-refractivity contribution in [3.05, 3.63) is 122 Å². The molecule has 0 aromatic heterocycles. The molecular weight excluding hydrogens is 762 g/mol. The molecule has 0 radical (unpaired) electrons. The minimum Gasteiger partial charge on any atom is -0.462 e. The average Bonchev–Trinajstić information content (AvgIpc) is 3.22. The van der Waals surface area contributed by atoms with Gasteiger partial charge in [-0.05, 0) is 103 Å². The molecule has 0 fully saturated rings. The Kier molecular flexibility index (Phi) is 41.3. The van der Waals surface area contributed by atoms with Crippen molar-refractivity contribution in [1.82, 2.24) is 0 Å². The number of rotatable bonds is 39. The van der Waals surface area contributed by atoms with Gasteiger partial charge in [-0.15, -0.1) is 0 Å². The Morgan fingerprint density at radius 3 is 1.27 bits per heavy atom. The summed E-state index contributed by atoms with van der Waals surface area (Å²) >= 11 is 0. The summed E-state index contributed by atoms with van der Waals surface area (Å²) in [6.07, 6.45) is 59.4. The number of carbonyl (C=O) groups is 2. The van der Waals surface area contributed by atoms with Crippen LogP contribution in [0.5, 0.6) is 0 Å². The topological polar surface area (TPSA) is 134 Å². The van der Waals surface area contributed by atoms with Crippen molar-refractivity contribution in [2.75, 3.05) is 26.4 Å². The molecule has 0 aliphatic rings. The predicted octanol–water partition coefficient (Wildman–Crippen LogP) is 12.9. The Balaban J connectivity index is 4.31. The number of esters is 2. The largest absolute Gasteiger partial charge is 0.472 e. The fourth-order valence-corrected chi connectivity index (χ4v) is 5.92. The maximum absolute atomic E-state index is 12.6. The van der Waals surface area contributed by atoms with Crippen LogP contribution in [-0.2, 0) is 32.7 Å². The second-order valence-corrected chi connectivity index (χ2v) is 15.2. The highest BCUT2D eigenvalue weighted by Crippen LogP contribution is 2.43. The molecule has 0 aliphatic heterocycles. The highest BCUT2D eigenvalue weighted by molar-refractivity contribution is 7.47. The highest BCUT2D eigenvalue weighted by atomic mass is 31.2. The molecule has 0 spiro atoms. The summed E-state index contributed by atoms with van der Waals surface area (Å²) in [5.41, 5.74) is 5.35. The molecule has 2 unspecified atom stereocenters. The summed E-state index contributed by atoms with van der Waals surface area (Å²) in [5.74, 6) is -0.919. The fourth-order valence-electron chi connectivity index (χ4n) is 5.16. The molecule has 0 rings (SSSR count). The number of carbonyl (C=O) groups excluding carboxylic acids is 2. The quantitative estimate of drug-likeness (QED) is 0.0268. The van der Waals surface area contributed by atoms with Gasteiger partial charge in [0.1, 0.15) is 6.61 Å². The van der Waals surface area contributed by atoms with Gasteiger partial charge in [0.25, 0.3) is 0 Å². The minimum atomic E-state index is -4.41. The zero-order valence-corrected chi connectivity index (χ0v) is 37.3. The van der Waals surface area contributed by atoms with Gasteiger partial charge in [-0.1, -0.05) is 148 Å². The molecule has 0 bridgehead atoms. The molecule has 0 amide bonds. The minimum absolute atomic E-state index is 0.0351. The van der Waals surface area contributed by atoms with Crippen LogP contribution in [0.3, 0.4) is 0 Å². The van der Waals surface area contributed by atoms with Crippen molar-refractivity contribution in [3.63, 3.8) is 0 Å². The predicted molar refractivity (Wildman–Crippen MR) is 247 cm³/mol. The van der Waals surface area contributed by atoms with E-state index in [-0.39, 0.29) is 32.6 Å². The Morgan fingerprint density at radius 2 is 0.881 bits per heavy atom. The first-order valence-electron chi connectivity index (χ1n) is 22.0. The van der Waals surface area contributed by atoms with Gasteiger partial charge in [0.2, 0.25) is 0 Å². The Hall–Kier alpha value is -3.59. The van der Waals surface area contributed by atoms with Crippen LogP contribution >= 0.6 is 7.82 Å². The smallest absolute Gasteiger partial charge is 0.462 e. The number of phosphoric acid groups is 1. The lowest BCUT2D eigenvalue weighted by Crippen LogP contribution is -2.29. The zero-order valence-electron chi connectivity index (χ0n) is 36.4. The highest BCUT2D eigenvalue weighted by Gasteiger charge is 2.25. The van der Waals surface area contributed by atoms with E-state index in [1.165, 1.54) is 0 Å². The van der Waals surface area contributed by atoms with E-state index in [1.807, 2.05) is 0 Å². The zero-order chi connectivity index (χ0) is 43.2. The van der Waals surface area contributed by atoms with E-state index >= 15 is 0 Å². The third kappa shape index (κ3) is 43.8. The van der Waals surface area contributed by atoms with Crippen LogP contribution in [0.1, 0.15) is 142 Å². The molecular formula is C49H78NO8P. The first-order chi connectivity index (χ1) is 28.8. The fraction of sp³-hybridized carbons (Fsp3) is 0.551. The van der Waals surface area contributed by atoms with E-state index in [0.717, 1.165) is 103 Å². The molecule has 0 aromatic carbocycles. The van der Waals surface area contributed by atoms with Crippen molar-refractivity contribution in [2.24, 2.45) is 5.73 Å². The van der Waals surface area contributed by atoms with Gasteiger partial charge in [0.05, 0.1) is 13.2 Å². The lowest BCUT2D eigenvalue weighted by Gasteiger charge is -2.19. The molecule has 59 heavy (non-hydrogen) atoms. The van der Waals surface area contributed by atoms with E-state index in [4.69, 9.17) is 24.3 Å². The van der Waals surface area contributed by atoms with Crippen molar-refractivity contribution in [3.8, 4) is 0 Å². The number of allylic oxidation sites excluding steroid dienone is 20. The first-order valence-corrected chi connectivity index (χ1v) is 23.5. The van der Waals surface area contributed by atoms with Crippen molar-refractivity contribution in [1.29, 1.82) is 0 Å². The summed E-state index contributed by atoms with van der Waals surface area (Å²) in [6, 6.07) is 0. The number of phosphoric ester groups is 1. The van der Waals surface area contributed by atoms with E-state index in [1.54, 1.807) is 0 Å². The van der Waals surface area contributed by atoms with Crippen LogP contribution < -0.4 is 5.73 Å². The maximum atomic E-state index is 12.6. The summed E-state index contributed by atoms with van der Waals surface area (Å²) in [6.45, 7) is 3.39. The number of nitrogens with two attached hydrogens (primary N) is 1. The lowest BCUT2D eigenvalue weighted by molar-refractivity contribution is -0.161. The number of unbranched alkanes of at least 4 members (excludes halogenated alkanes) is 6. The summed E-state index contributed by atoms with van der Waals surface area (Å²) in [5, 5.41) is 0. The molecule has 3 N–H and O–H groups in total. The van der Waals surface area contributed by atoms with Crippen LogP contribution in [0.15, 0.2) is 122 Å². The molecule has 0 aliphatic carbocycles. The molecule has 10 heteroatoms. The van der Waals surface area contributed by atoms with Gasteiger partial charge in [0.15, 0.2) is 6.10 Å². The summed E-state index contributed by atoms with van der Waals surface area (Å²) in [7, 11) is -4.41. The van der Waals surface area contributed by atoms with Crippen LogP contribution in [0.4, 0.5) is 0 Å². The van der Waals surface area contributed by atoms with Crippen LogP contribution in [0.25, 0.3) is 0 Å². The van der Waals surface area contributed by atoms with E-state index in [9.17, 15) is 19.0 Å². The van der Waals surface area contributed by atoms with Crippen LogP contribution in [0.2, 0.25) is 0 Å². The van der Waals surface area contributed by atoms with E-state index in [0.29, 0.717) is 12.8 Å². The van der Waals surface area contributed by atoms with Gasteiger partial charge in [-0.3, -0.25) is 18.6 Å². The van der Waals surface area contributed by atoms with E-state index in [2.05, 4.69) is 135 Å². The molecule has 9 nitrogen and oxygen atoms in total. The molecule has 0 saturated heterocycles. The average molecular weight is 840 g/mol. The summed E-state index contributed by atoms with van der Waals surface area (Å²) < 4.78 is 32.7. The van der Waals surface area contributed by atoms with Crippen molar-refractivity contribution in [2.45, 2.75) is 148 Å². The standard InChI is InChI=1S/C49H78NO8P/c1-3-5-7-9-11-13-15-17-19-21-23-25-27-29-31-33-35-37-39-41-48(51)55-45-47(46-57-59(53,54)56-44-43-50)58-49(52)42-40-38-36-34-32-30-28-26-24-22-20-18-16-14-12-10-8-6-4-2/h5-8,11-14,17-20,23-26,29-32,47H,3-4,9-10,15-16,21-22,27-28,33-46,50H2,1-2H3,(H,53,54). The van der Waals surface area contributed by atoms with Gasteiger partial charge in [-0.25, -0.2) is 4.57 Å². The maximum Gasteiger partial charge on any atom is 0.472 e. The van der Waals surface area contributed by atoms with Gasteiger partial charge in [-0.2, -0.15) is 0 Å². The van der Waals surface area contributed by atoms with Gasteiger partial charge >= 0.3 is 19.8 Å². The third-order valence-electron chi connectivity index (χ3n) is 8.34. The van der Waals surface area contributed by atoms with Crippen molar-refractivity contribution < 1.29 is 37.6 Å². The first kappa shape index (κ1) is 55.4. The van der Waals surface area contributed by atoms with Crippen LogP contribution in [-0.4, -0.2) is 49.3 Å². The molecule has 0 heterocycles. The Bertz CT molecular complexity index is 1370. The number of ether oxygens (including phenoxy) is 2.